The molecule has 0 bridgehead atoms. The number of carbonyl (C=O) groups is 3. The highest BCUT2D eigenvalue weighted by atomic mass is 16.5. The van der Waals surface area contributed by atoms with Crippen molar-refractivity contribution in [3.63, 3.8) is 0 Å². The molecule has 1 aliphatic carbocycles. The maximum Gasteiger partial charge on any atom is 0.319 e. The normalized spacial score (nSPS) is 19.2. The average molecular weight is 270 g/mol. The van der Waals surface area contributed by atoms with Crippen molar-refractivity contribution in [2.75, 3.05) is 13.2 Å². The Morgan fingerprint density at radius 3 is 2.00 bits per heavy atom. The minimum absolute atomic E-state index is 0.174. The van der Waals surface area contributed by atoms with Crippen LogP contribution >= 0.6 is 0 Å². The predicted octanol–water partition coefficient (Wildman–Crippen LogP) is 1.88. The molecule has 0 aromatic rings. The topological polar surface area (TPSA) is 69.7 Å². The smallest absolute Gasteiger partial charge is 0.319 e. The van der Waals surface area contributed by atoms with Crippen LogP contribution < -0.4 is 0 Å². The van der Waals surface area contributed by atoms with Crippen molar-refractivity contribution >= 4 is 17.7 Å². The molecular formula is C14H22O5. The fourth-order valence-corrected chi connectivity index (χ4v) is 2.20. The molecule has 1 fully saturated rings. The molecule has 0 saturated heterocycles. The number of rotatable bonds is 7. The molecule has 1 aliphatic rings. The van der Waals surface area contributed by atoms with E-state index in [1.807, 2.05) is 0 Å². The van der Waals surface area contributed by atoms with Crippen molar-refractivity contribution in [3.8, 4) is 0 Å². The van der Waals surface area contributed by atoms with Gasteiger partial charge in [0.05, 0.1) is 18.6 Å². The van der Waals surface area contributed by atoms with Crippen LogP contribution in [-0.2, 0) is 23.9 Å². The van der Waals surface area contributed by atoms with Crippen LogP contribution in [0.2, 0.25) is 0 Å². The van der Waals surface area contributed by atoms with Crippen molar-refractivity contribution in [1.29, 1.82) is 0 Å². The van der Waals surface area contributed by atoms with Crippen molar-refractivity contribution in [1.82, 2.24) is 0 Å². The molecule has 0 aromatic carbocycles. The second-order valence-electron chi connectivity index (χ2n) is 5.29. The summed E-state index contributed by atoms with van der Waals surface area (Å²) in [5, 5.41) is 0. The zero-order chi connectivity index (χ0) is 14.7. The van der Waals surface area contributed by atoms with Gasteiger partial charge in [-0.2, -0.15) is 0 Å². The minimum atomic E-state index is -1.26. The highest BCUT2D eigenvalue weighted by molar-refractivity contribution is 6.03. The van der Waals surface area contributed by atoms with E-state index in [4.69, 9.17) is 9.47 Å². The van der Waals surface area contributed by atoms with E-state index < -0.39 is 16.8 Å². The van der Waals surface area contributed by atoms with Crippen LogP contribution in [0, 0.1) is 10.8 Å². The molecule has 0 heterocycles. The fraction of sp³-hybridized carbons (Fsp3) is 0.786. The third-order valence-corrected chi connectivity index (χ3v) is 3.76. The van der Waals surface area contributed by atoms with Crippen LogP contribution in [0.15, 0.2) is 0 Å². The molecule has 1 saturated carbocycles. The molecule has 5 nitrogen and oxygen atoms in total. The number of carbonyl (C=O) groups excluding carboxylic acids is 3. The van der Waals surface area contributed by atoms with Crippen LogP contribution in [0.1, 0.15) is 47.0 Å². The van der Waals surface area contributed by atoms with Gasteiger partial charge in [-0.3, -0.25) is 14.4 Å². The molecule has 0 aromatic heterocycles. The summed E-state index contributed by atoms with van der Waals surface area (Å²) in [6.07, 6.45) is 1.50. The summed E-state index contributed by atoms with van der Waals surface area (Å²) < 4.78 is 10.0. The number of ether oxygens (including phenoxy) is 2. The van der Waals surface area contributed by atoms with Crippen molar-refractivity contribution < 1.29 is 23.9 Å². The van der Waals surface area contributed by atoms with Gasteiger partial charge < -0.3 is 9.47 Å². The van der Waals surface area contributed by atoms with E-state index in [9.17, 15) is 14.4 Å². The Kier molecular flexibility index (Phi) is 4.71. The average Bonchev–Trinajstić information content (AvgIpc) is 3.10. The van der Waals surface area contributed by atoms with E-state index >= 15 is 0 Å². The molecule has 19 heavy (non-hydrogen) atoms. The van der Waals surface area contributed by atoms with E-state index in [-0.39, 0.29) is 24.8 Å². The van der Waals surface area contributed by atoms with Crippen LogP contribution in [0.4, 0.5) is 0 Å². The molecule has 0 aliphatic heterocycles. The lowest BCUT2D eigenvalue weighted by molar-refractivity contribution is -0.162. The lowest BCUT2D eigenvalue weighted by atomic mass is 9.76. The molecule has 0 spiro atoms. The molecule has 0 radical (unpaired) electrons. The van der Waals surface area contributed by atoms with Crippen LogP contribution in [0.25, 0.3) is 0 Å². The summed E-state index contributed by atoms with van der Waals surface area (Å²) in [5.41, 5.74) is -1.94. The Bertz CT molecular complexity index is 383. The Morgan fingerprint density at radius 2 is 1.63 bits per heavy atom. The van der Waals surface area contributed by atoms with Gasteiger partial charge in [-0.15, -0.1) is 0 Å². The third kappa shape index (κ3) is 3.14. The molecule has 1 atom stereocenters. The van der Waals surface area contributed by atoms with Gasteiger partial charge in [-0.25, -0.2) is 0 Å². The second kappa shape index (κ2) is 5.72. The van der Waals surface area contributed by atoms with Gasteiger partial charge in [-0.05, 0) is 47.0 Å². The molecular weight excluding hydrogens is 248 g/mol. The summed E-state index contributed by atoms with van der Waals surface area (Å²) in [7, 11) is 0. The van der Waals surface area contributed by atoms with Crippen molar-refractivity contribution in [2.24, 2.45) is 10.8 Å². The SMILES string of the molecule is CCOC(=O)C1(CC(C)(C(C)=O)C(=O)OCC)CC1. The Labute approximate surface area is 113 Å². The fourth-order valence-electron chi connectivity index (χ4n) is 2.20. The summed E-state index contributed by atoms with van der Waals surface area (Å²) >= 11 is 0. The zero-order valence-corrected chi connectivity index (χ0v) is 12.1. The van der Waals surface area contributed by atoms with Gasteiger partial charge in [0.25, 0.3) is 0 Å². The quantitative estimate of drug-likeness (QED) is 0.522. The molecule has 0 N–H and O–H groups in total. The van der Waals surface area contributed by atoms with Gasteiger partial charge in [0.1, 0.15) is 11.2 Å². The Morgan fingerprint density at radius 1 is 1.11 bits per heavy atom. The van der Waals surface area contributed by atoms with Crippen molar-refractivity contribution in [3.05, 3.63) is 0 Å². The van der Waals surface area contributed by atoms with E-state index in [2.05, 4.69) is 0 Å². The molecule has 108 valence electrons. The Balaban J connectivity index is 2.88. The molecule has 1 rings (SSSR count). The van der Waals surface area contributed by atoms with E-state index in [0.717, 1.165) is 0 Å². The zero-order valence-electron chi connectivity index (χ0n) is 12.1. The van der Waals surface area contributed by atoms with Crippen molar-refractivity contribution in [2.45, 2.75) is 47.0 Å². The standard InChI is InChI=1S/C14H22O5/c1-5-18-11(16)13(4,10(3)15)9-14(7-8-14)12(17)19-6-2/h5-9H2,1-4H3. The maximum absolute atomic E-state index is 12.0. The van der Waals surface area contributed by atoms with E-state index in [0.29, 0.717) is 19.4 Å². The lowest BCUT2D eigenvalue weighted by Crippen LogP contribution is -2.40. The molecule has 5 heteroatoms. The first-order valence-corrected chi connectivity index (χ1v) is 6.68. The highest BCUT2D eigenvalue weighted by Gasteiger charge is 2.58. The lowest BCUT2D eigenvalue weighted by Gasteiger charge is -2.28. The first-order valence-electron chi connectivity index (χ1n) is 6.68. The van der Waals surface area contributed by atoms with Crippen LogP contribution in [0.5, 0.6) is 0 Å². The van der Waals surface area contributed by atoms with Gasteiger partial charge in [-0.1, -0.05) is 0 Å². The number of ketones is 1. The summed E-state index contributed by atoms with van der Waals surface area (Å²) in [6.45, 7) is 6.86. The van der Waals surface area contributed by atoms with Gasteiger partial charge >= 0.3 is 11.9 Å². The molecule has 0 amide bonds. The number of esters is 2. The summed E-state index contributed by atoms with van der Waals surface area (Å²) in [6, 6.07) is 0. The monoisotopic (exact) mass is 270 g/mol. The van der Waals surface area contributed by atoms with Gasteiger partial charge in [0, 0.05) is 0 Å². The maximum atomic E-state index is 12.0. The Hall–Kier alpha value is -1.39. The predicted molar refractivity (Wildman–Crippen MR) is 68.3 cm³/mol. The van der Waals surface area contributed by atoms with E-state index in [1.165, 1.54) is 6.92 Å². The third-order valence-electron chi connectivity index (χ3n) is 3.76. The minimum Gasteiger partial charge on any atom is -0.466 e. The largest absolute Gasteiger partial charge is 0.466 e. The number of Topliss-reactive ketones (excluding diaryl/α,β-unsaturated/α-hetero) is 1. The van der Waals surface area contributed by atoms with E-state index in [1.54, 1.807) is 20.8 Å². The van der Waals surface area contributed by atoms with Gasteiger partial charge in [0.2, 0.25) is 0 Å². The van der Waals surface area contributed by atoms with Gasteiger partial charge in [0.15, 0.2) is 0 Å². The highest BCUT2D eigenvalue weighted by Crippen LogP contribution is 2.54. The first kappa shape index (κ1) is 15.7. The summed E-state index contributed by atoms with van der Waals surface area (Å²) in [5.74, 6) is -1.15. The second-order valence-corrected chi connectivity index (χ2v) is 5.29. The van der Waals surface area contributed by atoms with Crippen LogP contribution in [-0.4, -0.2) is 30.9 Å². The van der Waals surface area contributed by atoms with Crippen LogP contribution in [0.3, 0.4) is 0 Å². The first-order chi connectivity index (χ1) is 8.82. The number of hydrogen-bond donors (Lipinski definition) is 0. The molecule has 1 unspecified atom stereocenters. The number of hydrogen-bond acceptors (Lipinski definition) is 5. The summed E-state index contributed by atoms with van der Waals surface area (Å²) in [4.78, 5) is 35.7.